The Labute approximate surface area is 116 Å². The third kappa shape index (κ3) is 6.23. The summed E-state index contributed by atoms with van der Waals surface area (Å²) in [5.41, 5.74) is 1.06. The average Bonchev–Trinajstić information content (AvgIpc) is 2.46. The Balaban J connectivity index is 2.50. The summed E-state index contributed by atoms with van der Waals surface area (Å²) in [4.78, 5) is 11.4. The molecule has 1 atom stereocenters. The normalized spacial score (nSPS) is 11.8. The molecular weight excluding hydrogens is 236 g/mol. The fourth-order valence-electron chi connectivity index (χ4n) is 2.08. The van der Waals surface area contributed by atoms with Crippen molar-refractivity contribution in [2.75, 3.05) is 0 Å². The van der Waals surface area contributed by atoms with E-state index in [1.165, 1.54) is 31.8 Å². The average molecular weight is 260 g/mol. The summed E-state index contributed by atoms with van der Waals surface area (Å²) in [6.45, 7) is 5.66. The SMILES string of the molecule is C=CC(=O)OC(CCCCCCC)c1ccccc1. The Bertz CT molecular complexity index is 370. The molecule has 2 heteroatoms. The number of esters is 1. The summed E-state index contributed by atoms with van der Waals surface area (Å²) in [5.74, 6) is -0.345. The fourth-order valence-corrected chi connectivity index (χ4v) is 2.08. The molecule has 1 aromatic rings. The van der Waals surface area contributed by atoms with Gasteiger partial charge in [-0.3, -0.25) is 0 Å². The molecule has 0 aromatic heterocycles. The second kappa shape index (κ2) is 9.37. The number of hydrogen-bond acceptors (Lipinski definition) is 2. The lowest BCUT2D eigenvalue weighted by Crippen LogP contribution is -2.09. The zero-order chi connectivity index (χ0) is 13.9. The van der Waals surface area contributed by atoms with Crippen LogP contribution in [0.5, 0.6) is 0 Å². The minimum Gasteiger partial charge on any atom is -0.454 e. The minimum atomic E-state index is -0.345. The van der Waals surface area contributed by atoms with E-state index in [1.807, 2.05) is 30.3 Å². The molecule has 0 aliphatic carbocycles. The molecule has 104 valence electrons. The maximum absolute atomic E-state index is 11.4. The van der Waals surface area contributed by atoms with Gasteiger partial charge in [0.1, 0.15) is 6.10 Å². The largest absolute Gasteiger partial charge is 0.454 e. The molecule has 2 nitrogen and oxygen atoms in total. The highest BCUT2D eigenvalue weighted by Crippen LogP contribution is 2.24. The van der Waals surface area contributed by atoms with Crippen molar-refractivity contribution in [1.82, 2.24) is 0 Å². The molecule has 0 spiro atoms. The van der Waals surface area contributed by atoms with Crippen molar-refractivity contribution in [3.63, 3.8) is 0 Å². The van der Waals surface area contributed by atoms with E-state index >= 15 is 0 Å². The van der Waals surface area contributed by atoms with Crippen LogP contribution in [0.15, 0.2) is 43.0 Å². The molecule has 0 aliphatic rings. The van der Waals surface area contributed by atoms with Gasteiger partial charge in [0.2, 0.25) is 0 Å². The summed E-state index contributed by atoms with van der Waals surface area (Å²) in [6, 6.07) is 9.93. The van der Waals surface area contributed by atoms with Crippen LogP contribution in [0.4, 0.5) is 0 Å². The second-order valence-electron chi connectivity index (χ2n) is 4.74. The van der Waals surface area contributed by atoms with Gasteiger partial charge in [0.25, 0.3) is 0 Å². The van der Waals surface area contributed by atoms with Gasteiger partial charge in [-0.05, 0) is 18.4 Å². The van der Waals surface area contributed by atoms with Crippen LogP contribution in [0.1, 0.15) is 57.1 Å². The molecule has 1 unspecified atom stereocenters. The third-order valence-corrected chi connectivity index (χ3v) is 3.17. The lowest BCUT2D eigenvalue weighted by Gasteiger charge is -2.17. The number of hydrogen-bond donors (Lipinski definition) is 0. The van der Waals surface area contributed by atoms with E-state index in [9.17, 15) is 4.79 Å². The van der Waals surface area contributed by atoms with E-state index < -0.39 is 0 Å². The van der Waals surface area contributed by atoms with E-state index in [-0.39, 0.29) is 12.1 Å². The van der Waals surface area contributed by atoms with Crippen LogP contribution in [0.3, 0.4) is 0 Å². The molecule has 0 N–H and O–H groups in total. The molecule has 1 aromatic carbocycles. The topological polar surface area (TPSA) is 26.3 Å². The van der Waals surface area contributed by atoms with Gasteiger partial charge in [0.05, 0.1) is 0 Å². The lowest BCUT2D eigenvalue weighted by molar-refractivity contribution is -0.143. The highest BCUT2D eigenvalue weighted by Gasteiger charge is 2.14. The molecule has 1 rings (SSSR count). The summed E-state index contributed by atoms with van der Waals surface area (Å²) >= 11 is 0. The monoisotopic (exact) mass is 260 g/mol. The van der Waals surface area contributed by atoms with Crippen molar-refractivity contribution < 1.29 is 9.53 Å². The molecule has 0 fully saturated rings. The van der Waals surface area contributed by atoms with Crippen LogP contribution in [0, 0.1) is 0 Å². The zero-order valence-corrected chi connectivity index (χ0v) is 11.8. The van der Waals surface area contributed by atoms with Crippen molar-refractivity contribution in [3.05, 3.63) is 48.6 Å². The number of carbonyl (C=O) groups excluding carboxylic acids is 1. The number of unbranched alkanes of at least 4 members (excludes halogenated alkanes) is 4. The highest BCUT2D eigenvalue weighted by molar-refractivity contribution is 5.81. The van der Waals surface area contributed by atoms with E-state index in [4.69, 9.17) is 4.74 Å². The summed E-state index contributed by atoms with van der Waals surface area (Å²) in [7, 11) is 0. The quantitative estimate of drug-likeness (QED) is 0.361. The Morgan fingerprint density at radius 3 is 2.53 bits per heavy atom. The zero-order valence-electron chi connectivity index (χ0n) is 11.8. The maximum atomic E-state index is 11.4. The lowest BCUT2D eigenvalue weighted by atomic mass is 10.0. The van der Waals surface area contributed by atoms with E-state index in [0.717, 1.165) is 18.4 Å². The van der Waals surface area contributed by atoms with Gasteiger partial charge in [-0.1, -0.05) is 69.5 Å². The molecule has 19 heavy (non-hydrogen) atoms. The number of ether oxygens (including phenoxy) is 1. The minimum absolute atomic E-state index is 0.145. The van der Waals surface area contributed by atoms with Crippen LogP contribution >= 0.6 is 0 Å². The van der Waals surface area contributed by atoms with Crippen LogP contribution in [-0.2, 0) is 9.53 Å². The van der Waals surface area contributed by atoms with Gasteiger partial charge in [-0.25, -0.2) is 4.79 Å². The van der Waals surface area contributed by atoms with E-state index in [0.29, 0.717) is 0 Å². The van der Waals surface area contributed by atoms with Crippen molar-refractivity contribution in [2.24, 2.45) is 0 Å². The first-order chi connectivity index (χ1) is 9.27. The number of carbonyl (C=O) groups is 1. The Morgan fingerprint density at radius 2 is 1.89 bits per heavy atom. The summed E-state index contributed by atoms with van der Waals surface area (Å²) < 4.78 is 5.44. The van der Waals surface area contributed by atoms with E-state index in [1.54, 1.807) is 0 Å². The van der Waals surface area contributed by atoms with Crippen molar-refractivity contribution in [3.8, 4) is 0 Å². The molecule has 0 radical (unpaired) electrons. The van der Waals surface area contributed by atoms with Gasteiger partial charge >= 0.3 is 5.97 Å². The first-order valence-electron chi connectivity index (χ1n) is 7.16. The van der Waals surface area contributed by atoms with Crippen molar-refractivity contribution in [2.45, 2.75) is 51.6 Å². The predicted octanol–water partition coefficient (Wildman–Crippen LogP) is 4.82. The van der Waals surface area contributed by atoms with Crippen LogP contribution in [-0.4, -0.2) is 5.97 Å². The van der Waals surface area contributed by atoms with E-state index in [2.05, 4.69) is 13.5 Å². The smallest absolute Gasteiger partial charge is 0.330 e. The standard InChI is InChI=1S/C17H24O2/c1-3-5-6-7-11-14-16(19-17(18)4-2)15-12-9-8-10-13-15/h4,8-10,12-13,16H,2-3,5-7,11,14H2,1H3. The van der Waals surface area contributed by atoms with Gasteiger partial charge in [-0.15, -0.1) is 0 Å². The number of benzene rings is 1. The summed E-state index contributed by atoms with van der Waals surface area (Å²) in [5, 5.41) is 0. The Hall–Kier alpha value is -1.57. The number of rotatable bonds is 9. The third-order valence-electron chi connectivity index (χ3n) is 3.17. The first-order valence-corrected chi connectivity index (χ1v) is 7.16. The van der Waals surface area contributed by atoms with Crippen molar-refractivity contribution in [1.29, 1.82) is 0 Å². The summed E-state index contributed by atoms with van der Waals surface area (Å²) in [6.07, 6.45) is 8.03. The van der Waals surface area contributed by atoms with Gasteiger partial charge in [0, 0.05) is 6.08 Å². The van der Waals surface area contributed by atoms with Gasteiger partial charge in [0.15, 0.2) is 0 Å². The molecule has 0 amide bonds. The fraction of sp³-hybridized carbons (Fsp3) is 0.471. The molecule has 0 aliphatic heterocycles. The van der Waals surface area contributed by atoms with Crippen molar-refractivity contribution >= 4 is 5.97 Å². The molecule has 0 bridgehead atoms. The second-order valence-corrected chi connectivity index (χ2v) is 4.74. The maximum Gasteiger partial charge on any atom is 0.330 e. The van der Waals surface area contributed by atoms with Crippen LogP contribution < -0.4 is 0 Å². The van der Waals surface area contributed by atoms with Gasteiger partial charge < -0.3 is 4.74 Å². The molecule has 0 saturated heterocycles. The van der Waals surface area contributed by atoms with Gasteiger partial charge in [-0.2, -0.15) is 0 Å². The Kier molecular flexibility index (Phi) is 7.64. The van der Waals surface area contributed by atoms with Crippen LogP contribution in [0.2, 0.25) is 0 Å². The van der Waals surface area contributed by atoms with Crippen LogP contribution in [0.25, 0.3) is 0 Å². The first kappa shape index (κ1) is 15.5. The predicted molar refractivity (Wildman–Crippen MR) is 78.8 cm³/mol. The Morgan fingerprint density at radius 1 is 1.21 bits per heavy atom. The highest BCUT2D eigenvalue weighted by atomic mass is 16.5. The molecule has 0 saturated carbocycles. The molecule has 0 heterocycles. The molecular formula is C17H24O2.